The lowest BCUT2D eigenvalue weighted by atomic mass is 10.1. The zero-order chi connectivity index (χ0) is 15.5. The summed E-state index contributed by atoms with van der Waals surface area (Å²) in [6.45, 7) is 1.96. The van der Waals surface area contributed by atoms with Crippen LogP contribution in [0.15, 0.2) is 48.5 Å². The van der Waals surface area contributed by atoms with Crippen molar-refractivity contribution >= 4 is 11.6 Å². The standard InChI is InChI=1S/C16H14F3NO/c1-2-11-6-5-7-12(10-11)20-15(21)13-8-3-4-9-14(13)16(17,18)19/h3-10H,2H2,1H3,(H,20,21). The summed E-state index contributed by atoms with van der Waals surface area (Å²) in [4.78, 5) is 12.1. The number of amides is 1. The minimum absolute atomic E-state index is 0.382. The molecule has 1 amide bonds. The van der Waals surface area contributed by atoms with Crippen LogP contribution in [0, 0.1) is 0 Å². The van der Waals surface area contributed by atoms with Gasteiger partial charge in [0.2, 0.25) is 0 Å². The lowest BCUT2D eigenvalue weighted by Gasteiger charge is -2.13. The van der Waals surface area contributed by atoms with Crippen molar-refractivity contribution in [3.63, 3.8) is 0 Å². The van der Waals surface area contributed by atoms with Crippen LogP contribution in [-0.2, 0) is 12.6 Å². The highest BCUT2D eigenvalue weighted by molar-refractivity contribution is 6.05. The predicted octanol–water partition coefficient (Wildman–Crippen LogP) is 4.52. The van der Waals surface area contributed by atoms with Crippen molar-refractivity contribution in [3.8, 4) is 0 Å². The second-order valence-corrected chi connectivity index (χ2v) is 4.55. The van der Waals surface area contributed by atoms with E-state index in [1.165, 1.54) is 18.2 Å². The van der Waals surface area contributed by atoms with Crippen LogP contribution in [0.2, 0.25) is 0 Å². The van der Waals surface area contributed by atoms with Gasteiger partial charge in [-0.2, -0.15) is 13.2 Å². The fourth-order valence-corrected chi connectivity index (χ4v) is 2.00. The fraction of sp³-hybridized carbons (Fsp3) is 0.188. The van der Waals surface area contributed by atoms with Crippen LogP contribution in [0.5, 0.6) is 0 Å². The van der Waals surface area contributed by atoms with E-state index < -0.39 is 17.6 Å². The van der Waals surface area contributed by atoms with Gasteiger partial charge in [-0.25, -0.2) is 0 Å². The van der Waals surface area contributed by atoms with Crippen LogP contribution >= 0.6 is 0 Å². The van der Waals surface area contributed by atoms with E-state index in [2.05, 4.69) is 5.32 Å². The first-order valence-corrected chi connectivity index (χ1v) is 6.48. The maximum atomic E-state index is 12.9. The van der Waals surface area contributed by atoms with Crippen LogP contribution in [-0.4, -0.2) is 5.91 Å². The second kappa shape index (κ2) is 5.99. The van der Waals surface area contributed by atoms with Gasteiger partial charge in [-0.3, -0.25) is 4.79 Å². The van der Waals surface area contributed by atoms with Crippen molar-refractivity contribution in [1.82, 2.24) is 0 Å². The molecule has 0 aliphatic carbocycles. The Balaban J connectivity index is 2.29. The number of hydrogen-bond donors (Lipinski definition) is 1. The molecule has 0 aromatic heterocycles. The smallest absolute Gasteiger partial charge is 0.322 e. The Bertz CT molecular complexity index is 650. The Hall–Kier alpha value is -2.30. The SMILES string of the molecule is CCc1cccc(NC(=O)c2ccccc2C(F)(F)F)c1. The van der Waals surface area contributed by atoms with Gasteiger partial charge in [0.25, 0.3) is 5.91 Å². The predicted molar refractivity (Wildman–Crippen MR) is 75.2 cm³/mol. The molecule has 2 nitrogen and oxygen atoms in total. The number of aryl methyl sites for hydroxylation is 1. The summed E-state index contributed by atoms with van der Waals surface area (Å²) in [7, 11) is 0. The van der Waals surface area contributed by atoms with E-state index in [0.29, 0.717) is 5.69 Å². The summed E-state index contributed by atoms with van der Waals surface area (Å²) in [5.74, 6) is -0.767. The van der Waals surface area contributed by atoms with Crippen LogP contribution < -0.4 is 5.32 Å². The monoisotopic (exact) mass is 293 g/mol. The van der Waals surface area contributed by atoms with Crippen molar-refractivity contribution in [2.24, 2.45) is 0 Å². The molecule has 2 aromatic rings. The molecule has 0 saturated heterocycles. The summed E-state index contributed by atoms with van der Waals surface area (Å²) in [6.07, 6.45) is -3.78. The molecule has 0 atom stereocenters. The molecular weight excluding hydrogens is 279 g/mol. The van der Waals surface area contributed by atoms with Crippen LogP contribution in [0.1, 0.15) is 28.4 Å². The molecule has 1 N–H and O–H groups in total. The Morgan fingerprint density at radius 3 is 2.48 bits per heavy atom. The molecule has 2 rings (SSSR count). The van der Waals surface area contributed by atoms with Crippen molar-refractivity contribution in [2.75, 3.05) is 5.32 Å². The van der Waals surface area contributed by atoms with Gasteiger partial charge in [0, 0.05) is 5.69 Å². The number of alkyl halides is 3. The maximum absolute atomic E-state index is 12.9. The average Bonchev–Trinajstić information content (AvgIpc) is 2.46. The molecule has 0 aliphatic rings. The van der Waals surface area contributed by atoms with E-state index in [0.717, 1.165) is 18.1 Å². The Morgan fingerprint density at radius 2 is 1.81 bits per heavy atom. The zero-order valence-electron chi connectivity index (χ0n) is 11.4. The van der Waals surface area contributed by atoms with Crippen molar-refractivity contribution in [2.45, 2.75) is 19.5 Å². The van der Waals surface area contributed by atoms with Crippen LogP contribution in [0.4, 0.5) is 18.9 Å². The van der Waals surface area contributed by atoms with Crippen LogP contribution in [0.25, 0.3) is 0 Å². The molecule has 0 bridgehead atoms. The number of hydrogen-bond acceptors (Lipinski definition) is 1. The van der Waals surface area contributed by atoms with Gasteiger partial charge in [-0.15, -0.1) is 0 Å². The normalized spacial score (nSPS) is 11.2. The number of rotatable bonds is 3. The van der Waals surface area contributed by atoms with Gasteiger partial charge in [-0.1, -0.05) is 31.2 Å². The summed E-state index contributed by atoms with van der Waals surface area (Å²) in [5.41, 5.74) is 0.161. The third kappa shape index (κ3) is 3.62. The first kappa shape index (κ1) is 15.1. The van der Waals surface area contributed by atoms with Crippen molar-refractivity contribution < 1.29 is 18.0 Å². The first-order valence-electron chi connectivity index (χ1n) is 6.48. The number of carbonyl (C=O) groups excluding carboxylic acids is 1. The van der Waals surface area contributed by atoms with Gasteiger partial charge in [0.1, 0.15) is 0 Å². The zero-order valence-corrected chi connectivity index (χ0v) is 11.4. The largest absolute Gasteiger partial charge is 0.417 e. The van der Waals surface area contributed by atoms with E-state index in [1.807, 2.05) is 13.0 Å². The van der Waals surface area contributed by atoms with Gasteiger partial charge in [0.15, 0.2) is 0 Å². The topological polar surface area (TPSA) is 29.1 Å². The average molecular weight is 293 g/mol. The highest BCUT2D eigenvalue weighted by Crippen LogP contribution is 2.32. The molecular formula is C16H14F3NO. The highest BCUT2D eigenvalue weighted by Gasteiger charge is 2.34. The minimum Gasteiger partial charge on any atom is -0.322 e. The molecule has 21 heavy (non-hydrogen) atoms. The van der Waals surface area contributed by atoms with Gasteiger partial charge >= 0.3 is 6.18 Å². The van der Waals surface area contributed by atoms with Crippen molar-refractivity contribution in [1.29, 1.82) is 0 Å². The summed E-state index contributed by atoms with van der Waals surface area (Å²) in [6, 6.07) is 11.8. The van der Waals surface area contributed by atoms with E-state index in [1.54, 1.807) is 18.2 Å². The summed E-state index contributed by atoms with van der Waals surface area (Å²) < 4.78 is 38.7. The Morgan fingerprint density at radius 1 is 1.10 bits per heavy atom. The lowest BCUT2D eigenvalue weighted by Crippen LogP contribution is -2.18. The van der Waals surface area contributed by atoms with E-state index in [-0.39, 0.29) is 5.56 Å². The van der Waals surface area contributed by atoms with Gasteiger partial charge in [0.05, 0.1) is 11.1 Å². The van der Waals surface area contributed by atoms with Gasteiger partial charge < -0.3 is 5.32 Å². The third-order valence-corrected chi connectivity index (χ3v) is 3.07. The number of anilines is 1. The molecule has 0 saturated carbocycles. The molecule has 2 aromatic carbocycles. The Labute approximate surface area is 120 Å². The first-order chi connectivity index (χ1) is 9.91. The number of halogens is 3. The molecule has 5 heteroatoms. The van der Waals surface area contributed by atoms with E-state index >= 15 is 0 Å². The van der Waals surface area contributed by atoms with E-state index in [4.69, 9.17) is 0 Å². The van der Waals surface area contributed by atoms with Crippen molar-refractivity contribution in [3.05, 3.63) is 65.2 Å². The quantitative estimate of drug-likeness (QED) is 0.885. The number of benzene rings is 2. The summed E-state index contributed by atoms with van der Waals surface area (Å²) >= 11 is 0. The van der Waals surface area contributed by atoms with Gasteiger partial charge in [-0.05, 0) is 36.2 Å². The molecule has 0 spiro atoms. The van der Waals surface area contributed by atoms with Crippen LogP contribution in [0.3, 0.4) is 0 Å². The second-order valence-electron chi connectivity index (χ2n) is 4.55. The molecule has 0 heterocycles. The molecule has 0 radical (unpaired) electrons. The number of carbonyl (C=O) groups is 1. The summed E-state index contributed by atoms with van der Waals surface area (Å²) in [5, 5.41) is 2.51. The molecule has 110 valence electrons. The lowest BCUT2D eigenvalue weighted by molar-refractivity contribution is -0.137. The molecule has 0 fully saturated rings. The third-order valence-electron chi connectivity index (χ3n) is 3.07. The minimum atomic E-state index is -4.56. The van der Waals surface area contributed by atoms with E-state index in [9.17, 15) is 18.0 Å². The fourth-order valence-electron chi connectivity index (χ4n) is 2.00. The maximum Gasteiger partial charge on any atom is 0.417 e. The Kier molecular flexibility index (Phi) is 4.31. The highest BCUT2D eigenvalue weighted by atomic mass is 19.4. The number of nitrogens with one attached hydrogen (secondary N) is 1. The molecule has 0 aliphatic heterocycles. The molecule has 0 unspecified atom stereocenters.